The van der Waals surface area contributed by atoms with Gasteiger partial charge in [0.05, 0.1) is 19.3 Å². The summed E-state index contributed by atoms with van der Waals surface area (Å²) in [5.41, 5.74) is 2.31. The molecule has 0 unspecified atom stereocenters. The van der Waals surface area contributed by atoms with Crippen LogP contribution in [-0.2, 0) is 4.74 Å². The molecular formula is C19H24O4. The van der Waals surface area contributed by atoms with Crippen molar-refractivity contribution in [1.82, 2.24) is 0 Å². The lowest BCUT2D eigenvalue weighted by atomic mass is 9.56. The van der Waals surface area contributed by atoms with Gasteiger partial charge in [-0.05, 0) is 36.5 Å². The Balaban J connectivity index is 1.73. The van der Waals surface area contributed by atoms with E-state index in [1.807, 2.05) is 12.1 Å². The standard InChI is InChI=1S/C19H24O4/c1-11-6-12(2)19(8-20)9-21-18(17(11)13(19)3)14-4-5-15-16(7-14)23-10-22-15/h4-7,12-13,17-18,20H,8-10H2,1-3H3/t12-,13-,17-,18-,19-/m0/s1. The summed E-state index contributed by atoms with van der Waals surface area (Å²) in [6.45, 7) is 7.68. The summed E-state index contributed by atoms with van der Waals surface area (Å²) in [6.07, 6.45) is 2.33. The van der Waals surface area contributed by atoms with Gasteiger partial charge in [0.1, 0.15) is 0 Å². The molecule has 1 aromatic carbocycles. The number of ether oxygens (including phenoxy) is 3. The number of allylic oxidation sites excluding steroid dienone is 1. The second-order valence-electron chi connectivity index (χ2n) is 7.25. The average molecular weight is 316 g/mol. The first-order chi connectivity index (χ1) is 11.1. The van der Waals surface area contributed by atoms with Crippen molar-refractivity contribution in [3.63, 3.8) is 0 Å². The minimum absolute atomic E-state index is 0.00271. The van der Waals surface area contributed by atoms with E-state index in [0.717, 1.165) is 17.1 Å². The molecule has 0 amide bonds. The third kappa shape index (κ3) is 2.05. The van der Waals surface area contributed by atoms with Crippen LogP contribution in [0.5, 0.6) is 11.5 Å². The number of hydrogen-bond acceptors (Lipinski definition) is 4. The van der Waals surface area contributed by atoms with E-state index in [0.29, 0.717) is 18.4 Å². The van der Waals surface area contributed by atoms with Gasteiger partial charge in [-0.2, -0.15) is 0 Å². The summed E-state index contributed by atoms with van der Waals surface area (Å²) in [6, 6.07) is 6.07. The smallest absolute Gasteiger partial charge is 0.231 e. The maximum absolute atomic E-state index is 10.1. The fourth-order valence-electron chi connectivity index (χ4n) is 4.68. The minimum Gasteiger partial charge on any atom is -0.454 e. The molecule has 1 saturated heterocycles. The number of aliphatic hydroxyl groups is 1. The summed E-state index contributed by atoms with van der Waals surface area (Å²) >= 11 is 0. The van der Waals surface area contributed by atoms with Crippen LogP contribution in [0, 0.1) is 23.2 Å². The van der Waals surface area contributed by atoms with Crippen molar-refractivity contribution < 1.29 is 19.3 Å². The molecule has 4 nitrogen and oxygen atoms in total. The molecule has 1 fully saturated rings. The van der Waals surface area contributed by atoms with Gasteiger partial charge in [0.2, 0.25) is 6.79 Å². The van der Waals surface area contributed by atoms with Crippen molar-refractivity contribution in [2.45, 2.75) is 26.9 Å². The molecule has 4 heteroatoms. The van der Waals surface area contributed by atoms with Crippen molar-refractivity contribution >= 4 is 0 Å². The molecule has 23 heavy (non-hydrogen) atoms. The highest BCUT2D eigenvalue weighted by Gasteiger charge is 2.53. The second-order valence-corrected chi connectivity index (χ2v) is 7.25. The van der Waals surface area contributed by atoms with Crippen molar-refractivity contribution in [2.75, 3.05) is 20.0 Å². The van der Waals surface area contributed by atoms with E-state index in [-0.39, 0.29) is 30.8 Å². The molecular weight excluding hydrogens is 292 g/mol. The van der Waals surface area contributed by atoms with Crippen LogP contribution < -0.4 is 9.47 Å². The molecule has 4 rings (SSSR count). The number of benzene rings is 1. The monoisotopic (exact) mass is 316 g/mol. The van der Waals surface area contributed by atoms with Gasteiger partial charge in [-0.15, -0.1) is 0 Å². The van der Waals surface area contributed by atoms with Gasteiger partial charge in [0, 0.05) is 11.3 Å². The molecule has 5 atom stereocenters. The quantitative estimate of drug-likeness (QED) is 0.850. The van der Waals surface area contributed by atoms with Crippen LogP contribution in [0.15, 0.2) is 29.8 Å². The Morgan fingerprint density at radius 3 is 2.78 bits per heavy atom. The predicted molar refractivity (Wildman–Crippen MR) is 86.4 cm³/mol. The largest absolute Gasteiger partial charge is 0.454 e. The van der Waals surface area contributed by atoms with Gasteiger partial charge >= 0.3 is 0 Å². The maximum atomic E-state index is 10.1. The molecule has 124 valence electrons. The Morgan fingerprint density at radius 1 is 1.22 bits per heavy atom. The topological polar surface area (TPSA) is 47.9 Å². The first kappa shape index (κ1) is 15.0. The van der Waals surface area contributed by atoms with E-state index in [4.69, 9.17) is 14.2 Å². The lowest BCUT2D eigenvalue weighted by Crippen LogP contribution is -2.53. The lowest BCUT2D eigenvalue weighted by Gasteiger charge is -2.55. The van der Waals surface area contributed by atoms with Crippen LogP contribution in [0.2, 0.25) is 0 Å². The molecule has 2 bridgehead atoms. The van der Waals surface area contributed by atoms with E-state index >= 15 is 0 Å². The van der Waals surface area contributed by atoms with E-state index in [9.17, 15) is 5.11 Å². The van der Waals surface area contributed by atoms with Crippen molar-refractivity contribution in [3.05, 3.63) is 35.4 Å². The Labute approximate surface area is 137 Å². The van der Waals surface area contributed by atoms with E-state index < -0.39 is 0 Å². The molecule has 2 aliphatic heterocycles. The zero-order valence-corrected chi connectivity index (χ0v) is 13.9. The zero-order chi connectivity index (χ0) is 16.2. The first-order valence-electron chi connectivity index (χ1n) is 8.37. The minimum atomic E-state index is -0.170. The summed E-state index contributed by atoms with van der Waals surface area (Å²) < 4.78 is 17.2. The van der Waals surface area contributed by atoms with Gasteiger partial charge in [-0.3, -0.25) is 0 Å². The third-order valence-electron chi connectivity index (χ3n) is 6.27. The highest BCUT2D eigenvalue weighted by molar-refractivity contribution is 5.45. The molecule has 1 N–H and O–H groups in total. The maximum Gasteiger partial charge on any atom is 0.231 e. The Kier molecular flexibility index (Phi) is 3.43. The van der Waals surface area contributed by atoms with Gasteiger partial charge in [-0.25, -0.2) is 0 Å². The third-order valence-corrected chi connectivity index (χ3v) is 6.27. The van der Waals surface area contributed by atoms with Crippen LogP contribution >= 0.6 is 0 Å². The van der Waals surface area contributed by atoms with Crippen molar-refractivity contribution in [2.24, 2.45) is 23.2 Å². The summed E-state index contributed by atoms with van der Waals surface area (Å²) in [5.74, 6) is 2.58. The van der Waals surface area contributed by atoms with E-state index in [2.05, 4.69) is 32.9 Å². The average Bonchev–Trinajstić information content (AvgIpc) is 3.00. The highest BCUT2D eigenvalue weighted by atomic mass is 16.7. The fourth-order valence-corrected chi connectivity index (χ4v) is 4.68. The molecule has 0 aromatic heterocycles. The van der Waals surface area contributed by atoms with Crippen LogP contribution in [0.3, 0.4) is 0 Å². The zero-order valence-electron chi connectivity index (χ0n) is 13.9. The first-order valence-corrected chi connectivity index (χ1v) is 8.37. The molecule has 0 radical (unpaired) electrons. The Morgan fingerprint density at radius 2 is 2.00 bits per heavy atom. The predicted octanol–water partition coefficient (Wildman–Crippen LogP) is 3.31. The van der Waals surface area contributed by atoms with E-state index in [1.54, 1.807) is 0 Å². The van der Waals surface area contributed by atoms with E-state index in [1.165, 1.54) is 5.57 Å². The van der Waals surface area contributed by atoms with Gasteiger partial charge in [0.25, 0.3) is 0 Å². The number of fused-ring (bicyclic) bond motifs is 3. The van der Waals surface area contributed by atoms with Gasteiger partial charge in [-0.1, -0.05) is 31.6 Å². The fraction of sp³-hybridized carbons (Fsp3) is 0.579. The summed E-state index contributed by atoms with van der Waals surface area (Å²) in [7, 11) is 0. The number of rotatable bonds is 2. The highest BCUT2D eigenvalue weighted by Crippen LogP contribution is 2.56. The van der Waals surface area contributed by atoms with Crippen molar-refractivity contribution in [1.29, 1.82) is 0 Å². The van der Waals surface area contributed by atoms with Crippen LogP contribution in [-0.4, -0.2) is 25.1 Å². The van der Waals surface area contributed by atoms with Crippen molar-refractivity contribution in [3.8, 4) is 11.5 Å². The SMILES string of the molecule is CC1=C[C@H](C)[C@]2(CO)CO[C@@H](c3ccc4c(c3)OCO4)[C@@H]1[C@@H]2C. The van der Waals surface area contributed by atoms with Gasteiger partial charge < -0.3 is 19.3 Å². The van der Waals surface area contributed by atoms with Crippen LogP contribution in [0.4, 0.5) is 0 Å². The molecule has 1 aromatic rings. The lowest BCUT2D eigenvalue weighted by molar-refractivity contribution is -0.165. The molecule has 0 saturated carbocycles. The number of hydrogen-bond donors (Lipinski definition) is 1. The Bertz CT molecular complexity index is 653. The van der Waals surface area contributed by atoms with Crippen LogP contribution in [0.25, 0.3) is 0 Å². The molecule has 2 heterocycles. The van der Waals surface area contributed by atoms with Gasteiger partial charge in [0.15, 0.2) is 11.5 Å². The number of aliphatic hydroxyl groups excluding tert-OH is 1. The second kappa shape index (κ2) is 5.25. The Hall–Kier alpha value is -1.52. The molecule has 0 spiro atoms. The summed E-state index contributed by atoms with van der Waals surface area (Å²) in [5, 5.41) is 10.1. The molecule has 3 aliphatic rings. The molecule has 1 aliphatic carbocycles. The summed E-state index contributed by atoms with van der Waals surface area (Å²) in [4.78, 5) is 0. The normalized spacial score (nSPS) is 38.3. The van der Waals surface area contributed by atoms with Crippen LogP contribution in [0.1, 0.15) is 32.4 Å².